The Balaban J connectivity index is 2.23. The van der Waals surface area contributed by atoms with Gasteiger partial charge in [-0.15, -0.1) is 0 Å². The second kappa shape index (κ2) is 6.25. The van der Waals surface area contributed by atoms with Crippen LogP contribution in [0.2, 0.25) is 0 Å². The first-order valence-electron chi connectivity index (χ1n) is 7.16. The molecule has 1 aromatic carbocycles. The predicted molar refractivity (Wildman–Crippen MR) is 80.7 cm³/mol. The number of aliphatic hydroxyl groups excluding tert-OH is 1. The molecule has 4 heteroatoms. The van der Waals surface area contributed by atoms with Crippen molar-refractivity contribution in [3.63, 3.8) is 0 Å². The molecule has 0 saturated carbocycles. The van der Waals surface area contributed by atoms with Gasteiger partial charge in [-0.3, -0.25) is 0 Å². The summed E-state index contributed by atoms with van der Waals surface area (Å²) >= 11 is 0. The summed E-state index contributed by atoms with van der Waals surface area (Å²) in [5.41, 5.74) is 2.47. The van der Waals surface area contributed by atoms with Crippen molar-refractivity contribution in [2.75, 3.05) is 32.1 Å². The summed E-state index contributed by atoms with van der Waals surface area (Å²) in [5.74, 6) is 0. The van der Waals surface area contributed by atoms with Crippen LogP contribution in [0.4, 0.5) is 5.69 Å². The molecule has 1 aromatic rings. The number of benzene rings is 1. The monoisotopic (exact) mass is 273 g/mol. The Morgan fingerprint density at radius 3 is 2.85 bits per heavy atom. The summed E-state index contributed by atoms with van der Waals surface area (Å²) in [7, 11) is 4.20. The van der Waals surface area contributed by atoms with Gasteiger partial charge in [0, 0.05) is 30.9 Å². The normalized spacial score (nSPS) is 20.6. The molecular weight excluding hydrogens is 250 g/mol. The Kier molecular flexibility index (Phi) is 4.64. The lowest BCUT2D eigenvalue weighted by Gasteiger charge is -2.29. The molecule has 1 N–H and O–H groups in total. The zero-order valence-corrected chi connectivity index (χ0v) is 12.5. The molecule has 2 unspecified atom stereocenters. The molecule has 0 amide bonds. The van der Waals surface area contributed by atoms with Crippen LogP contribution < -0.4 is 4.90 Å². The van der Waals surface area contributed by atoms with Crippen molar-refractivity contribution in [3.05, 3.63) is 29.3 Å². The fraction of sp³-hybridized carbons (Fsp3) is 0.562. The van der Waals surface area contributed by atoms with E-state index in [9.17, 15) is 5.11 Å². The smallest absolute Gasteiger partial charge is 0.0992 e. The lowest BCUT2D eigenvalue weighted by molar-refractivity contribution is 0.199. The number of nitrogens with zero attached hydrogens (tertiary/aromatic N) is 3. The number of rotatable bonds is 4. The Hall–Kier alpha value is -1.57. The third-order valence-corrected chi connectivity index (χ3v) is 4.18. The average molecular weight is 273 g/mol. The van der Waals surface area contributed by atoms with Gasteiger partial charge in [-0.25, -0.2) is 0 Å². The maximum absolute atomic E-state index is 9.91. The molecule has 0 aliphatic carbocycles. The highest BCUT2D eigenvalue weighted by Crippen LogP contribution is 2.28. The summed E-state index contributed by atoms with van der Waals surface area (Å²) in [6, 6.07) is 8.21. The van der Waals surface area contributed by atoms with Crippen LogP contribution in [0.25, 0.3) is 0 Å². The molecule has 1 aliphatic rings. The molecule has 0 aromatic heterocycles. The quantitative estimate of drug-likeness (QED) is 0.913. The van der Waals surface area contributed by atoms with Crippen LogP contribution in [0, 0.1) is 11.3 Å². The highest BCUT2D eigenvalue weighted by Gasteiger charge is 2.23. The van der Waals surface area contributed by atoms with Gasteiger partial charge in [0.05, 0.1) is 17.7 Å². The van der Waals surface area contributed by atoms with Crippen molar-refractivity contribution in [2.45, 2.75) is 31.9 Å². The van der Waals surface area contributed by atoms with Crippen molar-refractivity contribution < 1.29 is 5.11 Å². The van der Waals surface area contributed by atoms with Crippen molar-refractivity contribution in [1.29, 1.82) is 5.26 Å². The molecule has 1 heterocycles. The van der Waals surface area contributed by atoms with E-state index in [0.717, 1.165) is 24.3 Å². The Bertz CT molecular complexity index is 507. The van der Waals surface area contributed by atoms with Gasteiger partial charge < -0.3 is 14.9 Å². The van der Waals surface area contributed by atoms with Crippen LogP contribution in [0.1, 0.15) is 37.0 Å². The van der Waals surface area contributed by atoms with E-state index in [0.29, 0.717) is 11.6 Å². The average Bonchev–Trinajstić information content (AvgIpc) is 2.83. The van der Waals surface area contributed by atoms with Gasteiger partial charge >= 0.3 is 0 Å². The lowest BCUT2D eigenvalue weighted by Crippen LogP contribution is -2.37. The van der Waals surface area contributed by atoms with Gasteiger partial charge in [0.15, 0.2) is 0 Å². The largest absolute Gasteiger partial charge is 0.389 e. The van der Waals surface area contributed by atoms with Crippen LogP contribution >= 0.6 is 0 Å². The van der Waals surface area contributed by atoms with E-state index in [1.807, 2.05) is 19.2 Å². The highest BCUT2D eigenvalue weighted by molar-refractivity contribution is 5.58. The van der Waals surface area contributed by atoms with Gasteiger partial charge in [-0.2, -0.15) is 5.26 Å². The van der Waals surface area contributed by atoms with Crippen LogP contribution in [-0.2, 0) is 0 Å². The topological polar surface area (TPSA) is 50.5 Å². The predicted octanol–water partition coefficient (Wildman–Crippen LogP) is 2.14. The first-order valence-corrected chi connectivity index (χ1v) is 7.16. The van der Waals surface area contributed by atoms with E-state index in [1.54, 1.807) is 13.0 Å². The standard InChI is InChI=1S/C16H23N3O/c1-12(20)15-7-6-13(10-17)9-16(15)19(3)11-14-5-4-8-18(14)2/h6-7,9,12,14,20H,4-5,8,11H2,1-3H3. The molecule has 4 nitrogen and oxygen atoms in total. The number of likely N-dealkylation sites (tertiary alicyclic amines) is 1. The van der Waals surface area contributed by atoms with Crippen molar-refractivity contribution in [2.24, 2.45) is 0 Å². The van der Waals surface area contributed by atoms with Gasteiger partial charge in [-0.1, -0.05) is 6.07 Å². The number of likely N-dealkylation sites (N-methyl/N-ethyl adjacent to an activating group) is 2. The molecule has 108 valence electrons. The second-order valence-electron chi connectivity index (χ2n) is 5.72. The molecule has 2 atom stereocenters. The summed E-state index contributed by atoms with van der Waals surface area (Å²) in [4.78, 5) is 4.54. The lowest BCUT2D eigenvalue weighted by atomic mass is 10.0. The van der Waals surface area contributed by atoms with E-state index in [-0.39, 0.29) is 0 Å². The maximum Gasteiger partial charge on any atom is 0.0992 e. The summed E-state index contributed by atoms with van der Waals surface area (Å²) in [6.45, 7) is 3.84. The van der Waals surface area contributed by atoms with Gasteiger partial charge in [0.1, 0.15) is 0 Å². The van der Waals surface area contributed by atoms with Crippen LogP contribution in [0.5, 0.6) is 0 Å². The molecule has 1 fully saturated rings. The molecule has 2 rings (SSSR count). The second-order valence-corrected chi connectivity index (χ2v) is 5.72. The third-order valence-electron chi connectivity index (χ3n) is 4.18. The summed E-state index contributed by atoms with van der Waals surface area (Å²) in [5, 5.41) is 19.0. The van der Waals surface area contributed by atoms with E-state index in [4.69, 9.17) is 5.26 Å². The minimum atomic E-state index is -0.526. The first kappa shape index (κ1) is 14.8. The highest BCUT2D eigenvalue weighted by atomic mass is 16.3. The van der Waals surface area contributed by atoms with E-state index < -0.39 is 6.10 Å². The fourth-order valence-corrected chi connectivity index (χ4v) is 2.92. The summed E-state index contributed by atoms with van der Waals surface area (Å²) in [6.07, 6.45) is 1.93. The maximum atomic E-state index is 9.91. The fourth-order valence-electron chi connectivity index (χ4n) is 2.92. The Morgan fingerprint density at radius 1 is 1.55 bits per heavy atom. The zero-order chi connectivity index (χ0) is 14.7. The number of hydrogen-bond donors (Lipinski definition) is 1. The molecule has 1 saturated heterocycles. The minimum absolute atomic E-state index is 0.526. The van der Waals surface area contributed by atoms with Crippen LogP contribution in [-0.4, -0.2) is 43.2 Å². The number of nitriles is 1. The van der Waals surface area contributed by atoms with E-state index >= 15 is 0 Å². The molecular formula is C16H23N3O. The number of hydrogen-bond acceptors (Lipinski definition) is 4. The van der Waals surface area contributed by atoms with Crippen LogP contribution in [0.15, 0.2) is 18.2 Å². The van der Waals surface area contributed by atoms with Gasteiger partial charge in [0.25, 0.3) is 0 Å². The first-order chi connectivity index (χ1) is 9.52. The van der Waals surface area contributed by atoms with Crippen molar-refractivity contribution in [1.82, 2.24) is 4.90 Å². The zero-order valence-electron chi connectivity index (χ0n) is 12.5. The molecule has 20 heavy (non-hydrogen) atoms. The van der Waals surface area contributed by atoms with Crippen LogP contribution in [0.3, 0.4) is 0 Å². The molecule has 0 radical (unpaired) electrons. The van der Waals surface area contributed by atoms with Gasteiger partial charge in [0.2, 0.25) is 0 Å². The van der Waals surface area contributed by atoms with E-state index in [2.05, 4.69) is 22.9 Å². The molecule has 0 bridgehead atoms. The SMILES string of the molecule is CC(O)c1ccc(C#N)cc1N(C)CC1CCCN1C. The van der Waals surface area contributed by atoms with Crippen molar-refractivity contribution in [3.8, 4) is 6.07 Å². The summed E-state index contributed by atoms with van der Waals surface area (Å²) < 4.78 is 0. The van der Waals surface area contributed by atoms with Crippen molar-refractivity contribution >= 4 is 5.69 Å². The number of anilines is 1. The Labute approximate surface area is 121 Å². The van der Waals surface area contributed by atoms with Gasteiger partial charge in [-0.05, 0) is 45.5 Å². The number of aliphatic hydroxyl groups is 1. The molecule has 0 spiro atoms. The van der Waals surface area contributed by atoms with E-state index in [1.165, 1.54) is 12.8 Å². The molecule has 1 aliphatic heterocycles. The Morgan fingerprint density at radius 2 is 2.30 bits per heavy atom. The minimum Gasteiger partial charge on any atom is -0.389 e. The third kappa shape index (κ3) is 3.12.